The summed E-state index contributed by atoms with van der Waals surface area (Å²) in [5.74, 6) is -1.37. The van der Waals surface area contributed by atoms with Crippen LogP contribution in [0.1, 0.15) is 16.8 Å². The van der Waals surface area contributed by atoms with E-state index in [1.807, 2.05) is 0 Å². The molecule has 1 fully saturated rings. The average molecular weight is 283 g/mol. The van der Waals surface area contributed by atoms with E-state index < -0.39 is 22.3 Å². The predicted molar refractivity (Wildman–Crippen MR) is 68.7 cm³/mol. The van der Waals surface area contributed by atoms with Crippen molar-refractivity contribution < 1.29 is 18.8 Å². The SMILES string of the molecule is Nc1cc(C(=O)NCC2CCOC2)c([N+](=O)[O-])cc1F. The van der Waals surface area contributed by atoms with Crippen molar-refractivity contribution in [1.29, 1.82) is 0 Å². The molecule has 1 aliphatic heterocycles. The van der Waals surface area contributed by atoms with Crippen molar-refractivity contribution in [3.8, 4) is 0 Å². The Balaban J connectivity index is 2.15. The number of nitrogen functional groups attached to an aromatic ring is 1. The second-order valence-electron chi connectivity index (χ2n) is 4.59. The van der Waals surface area contributed by atoms with Crippen LogP contribution in [0.5, 0.6) is 0 Å². The number of amides is 1. The largest absolute Gasteiger partial charge is 0.396 e. The number of hydrogen-bond donors (Lipinski definition) is 2. The number of rotatable bonds is 4. The minimum absolute atomic E-state index is 0.191. The number of nitro benzene ring substituents is 1. The third-order valence-electron chi connectivity index (χ3n) is 3.13. The highest BCUT2D eigenvalue weighted by atomic mass is 19.1. The van der Waals surface area contributed by atoms with E-state index in [-0.39, 0.29) is 17.2 Å². The van der Waals surface area contributed by atoms with Crippen molar-refractivity contribution >= 4 is 17.3 Å². The number of carbonyl (C=O) groups is 1. The number of carbonyl (C=O) groups excluding carboxylic acids is 1. The van der Waals surface area contributed by atoms with Crippen LogP contribution in [0.3, 0.4) is 0 Å². The van der Waals surface area contributed by atoms with Crippen molar-refractivity contribution in [3.05, 3.63) is 33.6 Å². The molecule has 20 heavy (non-hydrogen) atoms. The number of nitrogens with two attached hydrogens (primary N) is 1. The number of nitrogens with zero attached hydrogens (tertiary/aromatic N) is 1. The molecule has 1 saturated heterocycles. The van der Waals surface area contributed by atoms with E-state index in [9.17, 15) is 19.3 Å². The Bertz CT molecular complexity index is 544. The van der Waals surface area contributed by atoms with Crippen molar-refractivity contribution in [3.63, 3.8) is 0 Å². The van der Waals surface area contributed by atoms with Gasteiger partial charge in [0.05, 0.1) is 23.3 Å². The molecule has 0 bridgehead atoms. The molecule has 1 aliphatic rings. The first kappa shape index (κ1) is 14.2. The van der Waals surface area contributed by atoms with Crippen LogP contribution in [0.25, 0.3) is 0 Å². The summed E-state index contributed by atoms with van der Waals surface area (Å²) in [4.78, 5) is 22.0. The van der Waals surface area contributed by atoms with Crippen molar-refractivity contribution in [2.24, 2.45) is 5.92 Å². The van der Waals surface area contributed by atoms with E-state index in [0.29, 0.717) is 25.8 Å². The van der Waals surface area contributed by atoms with Gasteiger partial charge in [-0.15, -0.1) is 0 Å². The molecular formula is C12H14FN3O4. The van der Waals surface area contributed by atoms with Crippen LogP contribution in [0.4, 0.5) is 15.8 Å². The zero-order valence-electron chi connectivity index (χ0n) is 10.6. The summed E-state index contributed by atoms with van der Waals surface area (Å²) in [7, 11) is 0. The minimum Gasteiger partial charge on any atom is -0.396 e. The predicted octanol–water partition coefficient (Wildman–Crippen LogP) is 1.08. The molecule has 2 rings (SSSR count). The first-order valence-corrected chi connectivity index (χ1v) is 6.08. The van der Waals surface area contributed by atoms with Crippen LogP contribution in [-0.4, -0.2) is 30.6 Å². The topological polar surface area (TPSA) is 107 Å². The summed E-state index contributed by atoms with van der Waals surface area (Å²) in [6.07, 6.45) is 0.827. The molecule has 3 N–H and O–H groups in total. The molecule has 0 aromatic heterocycles. The van der Waals surface area contributed by atoms with E-state index in [4.69, 9.17) is 10.5 Å². The Morgan fingerprint density at radius 2 is 2.35 bits per heavy atom. The first-order chi connectivity index (χ1) is 9.49. The Morgan fingerprint density at radius 3 is 2.95 bits per heavy atom. The number of anilines is 1. The molecule has 1 heterocycles. The maximum atomic E-state index is 13.2. The Labute approximate surface area is 114 Å². The molecule has 1 unspecified atom stereocenters. The van der Waals surface area contributed by atoms with Gasteiger partial charge in [-0.25, -0.2) is 4.39 Å². The first-order valence-electron chi connectivity index (χ1n) is 6.08. The summed E-state index contributed by atoms with van der Waals surface area (Å²) in [6, 6.07) is 1.64. The van der Waals surface area contributed by atoms with Crippen LogP contribution >= 0.6 is 0 Å². The standard InChI is InChI=1S/C12H14FN3O4/c13-9-4-11(16(18)19)8(3-10(9)14)12(17)15-5-7-1-2-20-6-7/h3-4,7H,1-2,5-6,14H2,(H,15,17). The normalized spacial score (nSPS) is 17.9. The second kappa shape index (κ2) is 5.83. The molecule has 0 aliphatic carbocycles. The van der Waals surface area contributed by atoms with E-state index in [1.54, 1.807) is 0 Å². The van der Waals surface area contributed by atoms with Gasteiger partial charge in [-0.2, -0.15) is 0 Å². The second-order valence-corrected chi connectivity index (χ2v) is 4.59. The van der Waals surface area contributed by atoms with Crippen LogP contribution in [0, 0.1) is 21.8 Å². The molecule has 8 heteroatoms. The Kier molecular flexibility index (Phi) is 4.14. The quantitative estimate of drug-likeness (QED) is 0.488. The van der Waals surface area contributed by atoms with Gasteiger partial charge in [0.1, 0.15) is 5.56 Å². The number of benzene rings is 1. The van der Waals surface area contributed by atoms with Gasteiger partial charge in [0, 0.05) is 19.1 Å². The van der Waals surface area contributed by atoms with Crippen molar-refractivity contribution in [1.82, 2.24) is 5.32 Å². The minimum atomic E-state index is -0.919. The van der Waals surface area contributed by atoms with Crippen LogP contribution in [-0.2, 0) is 4.74 Å². The number of halogens is 1. The molecule has 1 atom stereocenters. The highest BCUT2D eigenvalue weighted by Gasteiger charge is 2.24. The highest BCUT2D eigenvalue weighted by Crippen LogP contribution is 2.24. The van der Waals surface area contributed by atoms with Gasteiger partial charge in [0.2, 0.25) is 0 Å². The Morgan fingerprint density at radius 1 is 1.60 bits per heavy atom. The number of hydrogen-bond acceptors (Lipinski definition) is 5. The lowest BCUT2D eigenvalue weighted by molar-refractivity contribution is -0.385. The Hall–Kier alpha value is -2.22. The zero-order valence-corrected chi connectivity index (χ0v) is 10.6. The van der Waals surface area contributed by atoms with Gasteiger partial charge in [0.15, 0.2) is 5.82 Å². The number of nitrogens with one attached hydrogen (secondary N) is 1. The zero-order chi connectivity index (χ0) is 14.7. The van der Waals surface area contributed by atoms with Crippen molar-refractivity contribution in [2.45, 2.75) is 6.42 Å². The summed E-state index contributed by atoms with van der Waals surface area (Å²) in [5, 5.41) is 13.4. The van der Waals surface area contributed by atoms with E-state index in [1.165, 1.54) is 0 Å². The molecular weight excluding hydrogens is 269 g/mol. The lowest BCUT2D eigenvalue weighted by Crippen LogP contribution is -2.30. The van der Waals surface area contributed by atoms with Crippen LogP contribution in [0.2, 0.25) is 0 Å². The molecule has 1 amide bonds. The van der Waals surface area contributed by atoms with Gasteiger partial charge in [-0.3, -0.25) is 14.9 Å². The van der Waals surface area contributed by atoms with Gasteiger partial charge in [-0.1, -0.05) is 0 Å². The van der Waals surface area contributed by atoms with E-state index in [0.717, 1.165) is 12.5 Å². The van der Waals surface area contributed by atoms with Gasteiger partial charge in [0.25, 0.3) is 11.6 Å². The molecule has 7 nitrogen and oxygen atoms in total. The maximum absolute atomic E-state index is 13.2. The fourth-order valence-electron chi connectivity index (χ4n) is 1.99. The molecule has 1 aromatic carbocycles. The molecule has 0 saturated carbocycles. The average Bonchev–Trinajstić information content (AvgIpc) is 2.91. The summed E-state index contributed by atoms with van der Waals surface area (Å²) in [5.41, 5.74) is 4.20. The molecule has 108 valence electrons. The summed E-state index contributed by atoms with van der Waals surface area (Å²) < 4.78 is 18.4. The lowest BCUT2D eigenvalue weighted by Gasteiger charge is -2.10. The smallest absolute Gasteiger partial charge is 0.285 e. The van der Waals surface area contributed by atoms with Crippen molar-refractivity contribution in [2.75, 3.05) is 25.5 Å². The maximum Gasteiger partial charge on any atom is 0.285 e. The third kappa shape index (κ3) is 3.02. The number of nitro groups is 1. The van der Waals surface area contributed by atoms with E-state index in [2.05, 4.69) is 5.32 Å². The molecule has 0 radical (unpaired) electrons. The van der Waals surface area contributed by atoms with Gasteiger partial charge < -0.3 is 15.8 Å². The third-order valence-corrected chi connectivity index (χ3v) is 3.13. The fraction of sp³-hybridized carbons (Fsp3) is 0.417. The fourth-order valence-corrected chi connectivity index (χ4v) is 1.99. The number of ether oxygens (including phenoxy) is 1. The summed E-state index contributed by atoms with van der Waals surface area (Å²) in [6.45, 7) is 1.55. The van der Waals surface area contributed by atoms with Crippen LogP contribution in [0.15, 0.2) is 12.1 Å². The lowest BCUT2D eigenvalue weighted by atomic mass is 10.1. The summed E-state index contributed by atoms with van der Waals surface area (Å²) >= 11 is 0. The highest BCUT2D eigenvalue weighted by molar-refractivity contribution is 5.99. The monoisotopic (exact) mass is 283 g/mol. The van der Waals surface area contributed by atoms with Gasteiger partial charge in [-0.05, 0) is 12.5 Å². The van der Waals surface area contributed by atoms with Gasteiger partial charge >= 0.3 is 0 Å². The molecule has 1 aromatic rings. The van der Waals surface area contributed by atoms with Crippen LogP contribution < -0.4 is 11.1 Å². The molecule has 0 spiro atoms. The van der Waals surface area contributed by atoms with E-state index >= 15 is 0 Å².